The molecule has 0 aliphatic rings. The van der Waals surface area contributed by atoms with Crippen LogP contribution in [0.5, 0.6) is 11.5 Å². The zero-order valence-electron chi connectivity index (χ0n) is 15.5. The van der Waals surface area contributed by atoms with E-state index >= 15 is 0 Å². The lowest BCUT2D eigenvalue weighted by molar-refractivity contribution is 0.395. The summed E-state index contributed by atoms with van der Waals surface area (Å²) in [4.78, 5) is 8.80. The molecule has 2 heterocycles. The van der Waals surface area contributed by atoms with Crippen molar-refractivity contribution in [1.29, 1.82) is 0 Å². The summed E-state index contributed by atoms with van der Waals surface area (Å²) in [5.41, 5.74) is 1.42. The smallest absolute Gasteiger partial charge is 0.257 e. The molecule has 0 radical (unpaired) electrons. The van der Waals surface area contributed by atoms with Gasteiger partial charge in [-0.1, -0.05) is 16.9 Å². The van der Waals surface area contributed by atoms with Crippen molar-refractivity contribution in [1.82, 2.24) is 25.3 Å². The molecule has 1 N–H and O–H groups in total. The number of nitrogens with zero attached hydrogens (tertiary/aromatic N) is 4. The summed E-state index contributed by atoms with van der Waals surface area (Å²) in [6, 6.07) is 11.3. The van der Waals surface area contributed by atoms with Gasteiger partial charge < -0.3 is 14.0 Å². The lowest BCUT2D eigenvalue weighted by atomic mass is 10.2. The molecule has 29 heavy (non-hydrogen) atoms. The van der Waals surface area contributed by atoms with Crippen molar-refractivity contribution < 1.29 is 18.4 Å². The van der Waals surface area contributed by atoms with Gasteiger partial charge in [0.05, 0.1) is 25.5 Å². The Morgan fingerprint density at radius 2 is 1.90 bits per heavy atom. The Hall–Kier alpha value is -3.40. The number of H-pyrrole nitrogens is 1. The van der Waals surface area contributed by atoms with Crippen LogP contribution in [0, 0.1) is 5.82 Å². The molecule has 4 rings (SSSR count). The summed E-state index contributed by atoms with van der Waals surface area (Å²) in [6.45, 7) is 0. The van der Waals surface area contributed by atoms with Crippen LogP contribution >= 0.6 is 11.8 Å². The van der Waals surface area contributed by atoms with Gasteiger partial charge in [0, 0.05) is 11.6 Å². The summed E-state index contributed by atoms with van der Waals surface area (Å²) in [6.07, 6.45) is 0. The van der Waals surface area contributed by atoms with Crippen molar-refractivity contribution in [3.8, 4) is 34.3 Å². The minimum absolute atomic E-state index is 0.321. The van der Waals surface area contributed by atoms with Gasteiger partial charge in [-0.15, -0.1) is 5.10 Å². The van der Waals surface area contributed by atoms with Gasteiger partial charge in [0.1, 0.15) is 17.3 Å². The highest BCUT2D eigenvalue weighted by Crippen LogP contribution is 2.32. The molecule has 0 saturated carbocycles. The highest BCUT2D eigenvalue weighted by Gasteiger charge is 2.14. The molecule has 0 saturated heterocycles. The predicted octanol–water partition coefficient (Wildman–Crippen LogP) is 3.97. The number of hydrogen-bond acceptors (Lipinski definition) is 8. The second-order valence-electron chi connectivity index (χ2n) is 5.84. The minimum atomic E-state index is -0.321. The van der Waals surface area contributed by atoms with Crippen molar-refractivity contribution in [2.75, 3.05) is 14.2 Å². The Morgan fingerprint density at radius 3 is 2.66 bits per heavy atom. The fourth-order valence-corrected chi connectivity index (χ4v) is 3.22. The van der Waals surface area contributed by atoms with Gasteiger partial charge in [0.2, 0.25) is 5.16 Å². The molecule has 0 unspecified atom stereocenters. The Balaban J connectivity index is 1.45. The number of ether oxygens (including phenoxy) is 2. The number of rotatable bonds is 7. The van der Waals surface area contributed by atoms with Gasteiger partial charge in [-0.05, 0) is 36.4 Å². The molecular weight excluding hydrogens is 397 g/mol. The minimum Gasteiger partial charge on any atom is -0.497 e. The van der Waals surface area contributed by atoms with E-state index in [4.69, 9.17) is 14.0 Å². The second kappa shape index (κ2) is 8.31. The third-order valence-corrected chi connectivity index (χ3v) is 4.86. The lowest BCUT2D eigenvalue weighted by Crippen LogP contribution is -1.91. The van der Waals surface area contributed by atoms with Gasteiger partial charge in [-0.2, -0.15) is 4.98 Å². The topological polar surface area (TPSA) is 99.0 Å². The average molecular weight is 413 g/mol. The third-order valence-electron chi connectivity index (χ3n) is 4.02. The maximum absolute atomic E-state index is 13.0. The summed E-state index contributed by atoms with van der Waals surface area (Å²) in [7, 11) is 3.18. The molecule has 0 amide bonds. The first-order chi connectivity index (χ1) is 14.2. The normalized spacial score (nSPS) is 10.9. The Kier molecular flexibility index (Phi) is 5.43. The quantitative estimate of drug-likeness (QED) is 0.455. The Morgan fingerprint density at radius 1 is 1.07 bits per heavy atom. The number of thioether (sulfide) groups is 1. The molecule has 0 aliphatic heterocycles. The molecule has 0 atom stereocenters. The Bertz CT molecular complexity index is 1110. The van der Waals surface area contributed by atoms with Gasteiger partial charge in [-0.25, -0.2) is 9.37 Å². The molecule has 4 aromatic rings. The van der Waals surface area contributed by atoms with Crippen LogP contribution in [0.1, 0.15) is 5.82 Å². The van der Waals surface area contributed by atoms with Crippen LogP contribution in [0.15, 0.2) is 52.1 Å². The third kappa shape index (κ3) is 4.21. The van der Waals surface area contributed by atoms with E-state index in [9.17, 15) is 4.39 Å². The fraction of sp³-hybridized carbons (Fsp3) is 0.158. The number of aromatic amines is 1. The second-order valence-corrected chi connectivity index (χ2v) is 6.79. The molecule has 2 aromatic carbocycles. The molecule has 0 spiro atoms. The number of halogens is 1. The first-order valence-electron chi connectivity index (χ1n) is 8.52. The van der Waals surface area contributed by atoms with Crippen LogP contribution in [0.4, 0.5) is 4.39 Å². The van der Waals surface area contributed by atoms with E-state index < -0.39 is 0 Å². The Labute approximate surface area is 169 Å². The largest absolute Gasteiger partial charge is 0.497 e. The average Bonchev–Trinajstić information content (AvgIpc) is 3.42. The molecule has 0 aliphatic carbocycles. The highest BCUT2D eigenvalue weighted by atomic mass is 32.2. The van der Waals surface area contributed by atoms with Crippen LogP contribution in [0.3, 0.4) is 0 Å². The molecule has 0 fully saturated rings. The molecule has 148 valence electrons. The zero-order valence-corrected chi connectivity index (χ0v) is 16.4. The van der Waals surface area contributed by atoms with Crippen molar-refractivity contribution in [2.45, 2.75) is 10.9 Å². The van der Waals surface area contributed by atoms with Crippen molar-refractivity contribution in [3.63, 3.8) is 0 Å². The van der Waals surface area contributed by atoms with E-state index in [1.54, 1.807) is 32.4 Å². The number of methoxy groups -OCH3 is 2. The van der Waals surface area contributed by atoms with Crippen molar-refractivity contribution in [3.05, 3.63) is 54.1 Å². The molecular formula is C19H16FN5O3S. The lowest BCUT2D eigenvalue weighted by Gasteiger charge is -2.07. The van der Waals surface area contributed by atoms with Crippen LogP contribution in [-0.2, 0) is 5.75 Å². The highest BCUT2D eigenvalue weighted by molar-refractivity contribution is 7.98. The fourth-order valence-electron chi connectivity index (χ4n) is 2.58. The number of benzene rings is 2. The number of hydrogen-bond donors (Lipinski definition) is 1. The van der Waals surface area contributed by atoms with Crippen LogP contribution in [0.2, 0.25) is 0 Å². The van der Waals surface area contributed by atoms with E-state index in [-0.39, 0.29) is 5.82 Å². The van der Waals surface area contributed by atoms with Gasteiger partial charge >= 0.3 is 0 Å². The van der Waals surface area contributed by atoms with Crippen molar-refractivity contribution in [2.24, 2.45) is 0 Å². The predicted molar refractivity (Wildman–Crippen MR) is 104 cm³/mol. The number of nitrogens with one attached hydrogen (secondary N) is 1. The summed E-state index contributed by atoms with van der Waals surface area (Å²) < 4.78 is 28.9. The van der Waals surface area contributed by atoms with E-state index in [1.165, 1.54) is 23.9 Å². The molecule has 8 nitrogen and oxygen atoms in total. The zero-order chi connectivity index (χ0) is 20.2. The monoisotopic (exact) mass is 413 g/mol. The SMILES string of the molecule is COc1ccc(-c2nc(SCc3noc(-c4ccc(F)cc4)n3)n[nH]2)c(OC)c1. The van der Waals surface area contributed by atoms with Crippen LogP contribution in [0.25, 0.3) is 22.8 Å². The van der Waals surface area contributed by atoms with Crippen molar-refractivity contribution >= 4 is 11.8 Å². The van der Waals surface area contributed by atoms with E-state index in [2.05, 4.69) is 25.3 Å². The van der Waals surface area contributed by atoms with E-state index in [0.717, 1.165) is 5.56 Å². The van der Waals surface area contributed by atoms with E-state index in [1.807, 2.05) is 12.1 Å². The van der Waals surface area contributed by atoms with Gasteiger partial charge in [-0.3, -0.25) is 5.10 Å². The van der Waals surface area contributed by atoms with Crippen LogP contribution in [-0.4, -0.2) is 39.5 Å². The maximum Gasteiger partial charge on any atom is 0.257 e. The first kappa shape index (κ1) is 18.9. The standard InChI is InChI=1S/C19H16FN5O3S/c1-26-13-7-8-14(15(9-13)27-2)17-22-19(24-23-17)29-10-16-21-18(28-25-16)11-3-5-12(20)6-4-11/h3-9H,10H2,1-2H3,(H,22,23,24). The maximum atomic E-state index is 13.0. The van der Waals surface area contributed by atoms with Gasteiger partial charge in [0.25, 0.3) is 5.89 Å². The molecule has 0 bridgehead atoms. The van der Waals surface area contributed by atoms with Gasteiger partial charge in [0.15, 0.2) is 11.6 Å². The first-order valence-corrected chi connectivity index (χ1v) is 9.51. The summed E-state index contributed by atoms with van der Waals surface area (Å²) >= 11 is 1.36. The summed E-state index contributed by atoms with van der Waals surface area (Å²) in [5.74, 6) is 2.81. The molecule has 10 heteroatoms. The molecule has 2 aromatic heterocycles. The van der Waals surface area contributed by atoms with E-state index in [0.29, 0.717) is 45.5 Å². The van der Waals surface area contributed by atoms with Crippen LogP contribution < -0.4 is 9.47 Å². The summed E-state index contributed by atoms with van der Waals surface area (Å²) in [5, 5.41) is 11.6. The number of aromatic nitrogens is 5.